The summed E-state index contributed by atoms with van der Waals surface area (Å²) >= 11 is 0. The van der Waals surface area contributed by atoms with Gasteiger partial charge in [-0.25, -0.2) is 4.98 Å². The number of H-pyrrole nitrogens is 2. The molecule has 1 amide bonds. The molecule has 4 rings (SSSR count). The van der Waals surface area contributed by atoms with E-state index in [1.165, 1.54) is 6.07 Å². The molecule has 144 valence electrons. The largest absolute Gasteiger partial charge is 0.361 e. The van der Waals surface area contributed by atoms with Gasteiger partial charge in [-0.1, -0.05) is 30.4 Å². The van der Waals surface area contributed by atoms with Crippen molar-refractivity contribution >= 4 is 16.8 Å². The van der Waals surface area contributed by atoms with Crippen LogP contribution < -0.4 is 10.9 Å². The van der Waals surface area contributed by atoms with Crippen molar-refractivity contribution in [3.8, 4) is 0 Å². The van der Waals surface area contributed by atoms with Crippen LogP contribution >= 0.6 is 0 Å². The number of nitrogens with one attached hydrogen (secondary N) is 3. The van der Waals surface area contributed by atoms with Gasteiger partial charge in [0.25, 0.3) is 5.56 Å². The van der Waals surface area contributed by atoms with Crippen LogP contribution in [0.2, 0.25) is 0 Å². The first-order chi connectivity index (χ1) is 13.6. The molecule has 0 radical (unpaired) electrons. The Morgan fingerprint density at radius 3 is 2.96 bits per heavy atom. The summed E-state index contributed by atoms with van der Waals surface area (Å²) in [7, 11) is 0. The molecule has 2 atom stereocenters. The zero-order chi connectivity index (χ0) is 19.5. The Morgan fingerprint density at radius 2 is 2.18 bits per heavy atom. The zero-order valence-corrected chi connectivity index (χ0v) is 15.9. The molecule has 1 aliphatic rings. The van der Waals surface area contributed by atoms with Crippen LogP contribution in [0, 0.1) is 12.8 Å². The molecule has 0 bridgehead atoms. The van der Waals surface area contributed by atoms with Crippen LogP contribution in [0.15, 0.2) is 53.5 Å². The second kappa shape index (κ2) is 7.84. The van der Waals surface area contributed by atoms with E-state index in [2.05, 4.69) is 38.5 Å². The van der Waals surface area contributed by atoms with Crippen molar-refractivity contribution in [1.29, 1.82) is 0 Å². The van der Waals surface area contributed by atoms with Crippen molar-refractivity contribution in [3.63, 3.8) is 0 Å². The summed E-state index contributed by atoms with van der Waals surface area (Å²) in [4.78, 5) is 35.3. The fourth-order valence-electron chi connectivity index (χ4n) is 3.85. The van der Waals surface area contributed by atoms with E-state index in [1.807, 2.05) is 24.4 Å². The van der Waals surface area contributed by atoms with Gasteiger partial charge in [-0.05, 0) is 37.8 Å². The first kappa shape index (κ1) is 18.2. The van der Waals surface area contributed by atoms with Gasteiger partial charge in [0, 0.05) is 35.5 Å². The van der Waals surface area contributed by atoms with Crippen molar-refractivity contribution in [3.05, 3.63) is 76.1 Å². The van der Waals surface area contributed by atoms with Gasteiger partial charge >= 0.3 is 0 Å². The molecular weight excluding hydrogens is 352 g/mol. The number of carbonyl (C=O) groups is 1. The van der Waals surface area contributed by atoms with E-state index < -0.39 is 0 Å². The first-order valence-corrected chi connectivity index (χ1v) is 9.68. The summed E-state index contributed by atoms with van der Waals surface area (Å²) in [5, 5.41) is 4.27. The van der Waals surface area contributed by atoms with Gasteiger partial charge in [0.15, 0.2) is 0 Å². The third-order valence-corrected chi connectivity index (χ3v) is 5.29. The highest BCUT2D eigenvalue weighted by Gasteiger charge is 2.24. The third kappa shape index (κ3) is 3.91. The lowest BCUT2D eigenvalue weighted by Gasteiger charge is -2.23. The highest BCUT2D eigenvalue weighted by molar-refractivity contribution is 5.83. The Labute approximate surface area is 163 Å². The highest BCUT2D eigenvalue weighted by atomic mass is 16.2. The summed E-state index contributed by atoms with van der Waals surface area (Å²) < 4.78 is 0. The highest BCUT2D eigenvalue weighted by Crippen LogP contribution is 2.25. The number of hydrogen-bond acceptors (Lipinski definition) is 3. The van der Waals surface area contributed by atoms with Crippen molar-refractivity contribution < 1.29 is 4.79 Å². The maximum Gasteiger partial charge on any atom is 0.251 e. The van der Waals surface area contributed by atoms with Crippen LogP contribution in [-0.2, 0) is 11.2 Å². The van der Waals surface area contributed by atoms with Gasteiger partial charge in [-0.15, -0.1) is 0 Å². The molecule has 0 spiro atoms. The van der Waals surface area contributed by atoms with E-state index in [1.54, 1.807) is 6.92 Å². The van der Waals surface area contributed by atoms with Crippen molar-refractivity contribution in [2.75, 3.05) is 0 Å². The Hall–Kier alpha value is -3.15. The molecular formula is C22H24N4O2. The van der Waals surface area contributed by atoms with E-state index in [9.17, 15) is 9.59 Å². The van der Waals surface area contributed by atoms with E-state index in [0.717, 1.165) is 35.7 Å². The average molecular weight is 376 g/mol. The van der Waals surface area contributed by atoms with Crippen molar-refractivity contribution in [1.82, 2.24) is 20.3 Å². The topological polar surface area (TPSA) is 90.6 Å². The number of aromatic nitrogens is 3. The fraction of sp³-hybridized carbons (Fsp3) is 0.318. The van der Waals surface area contributed by atoms with Crippen molar-refractivity contribution in [2.24, 2.45) is 5.92 Å². The molecule has 0 aliphatic heterocycles. The monoisotopic (exact) mass is 376 g/mol. The first-order valence-electron chi connectivity index (χ1n) is 9.68. The molecule has 28 heavy (non-hydrogen) atoms. The second-order valence-corrected chi connectivity index (χ2v) is 7.36. The molecule has 1 aliphatic carbocycles. The van der Waals surface area contributed by atoms with E-state index >= 15 is 0 Å². The summed E-state index contributed by atoms with van der Waals surface area (Å²) in [6.07, 6.45) is 9.25. The van der Waals surface area contributed by atoms with Crippen LogP contribution in [0.25, 0.3) is 10.9 Å². The van der Waals surface area contributed by atoms with Gasteiger partial charge in [-0.2, -0.15) is 0 Å². The number of amides is 1. The molecule has 2 unspecified atom stereocenters. The molecule has 1 aromatic carbocycles. The summed E-state index contributed by atoms with van der Waals surface area (Å²) in [5.41, 5.74) is 2.52. The third-order valence-electron chi connectivity index (χ3n) is 5.29. The minimum Gasteiger partial charge on any atom is -0.361 e. The Balaban J connectivity index is 1.65. The van der Waals surface area contributed by atoms with Crippen LogP contribution in [0.1, 0.15) is 42.4 Å². The lowest BCUT2D eigenvalue weighted by molar-refractivity contribution is -0.126. The van der Waals surface area contributed by atoms with Crippen molar-refractivity contribution in [2.45, 2.75) is 38.6 Å². The number of aryl methyl sites for hydroxylation is 1. The molecule has 3 N–H and O–H groups in total. The standard InChI is InChI=1S/C22H24N4O2/c1-14-24-20(12-21(27)25-14)19(26-22(28)15-7-3-2-4-8-15)11-16-13-23-18-10-6-5-9-17(16)18/h2-3,5-6,9-10,12-13,15,19,23H,4,7-8,11H2,1H3,(H,26,28)(H,24,25,27). The summed E-state index contributed by atoms with van der Waals surface area (Å²) in [6, 6.07) is 9.18. The Bertz CT molecular complexity index is 1080. The van der Waals surface area contributed by atoms with Gasteiger partial charge in [0.2, 0.25) is 5.91 Å². The number of aromatic amines is 2. The average Bonchev–Trinajstić information content (AvgIpc) is 3.10. The number of fused-ring (bicyclic) bond motifs is 1. The molecule has 2 aromatic heterocycles. The fourth-order valence-corrected chi connectivity index (χ4v) is 3.85. The molecule has 6 nitrogen and oxygen atoms in total. The Kier molecular flexibility index (Phi) is 5.10. The minimum absolute atomic E-state index is 0.0222. The normalized spacial score (nSPS) is 17.5. The minimum atomic E-state index is -0.362. The maximum atomic E-state index is 12.9. The predicted molar refractivity (Wildman–Crippen MR) is 109 cm³/mol. The van der Waals surface area contributed by atoms with Gasteiger partial charge in [0.1, 0.15) is 5.82 Å². The molecule has 6 heteroatoms. The van der Waals surface area contributed by atoms with Crippen LogP contribution in [-0.4, -0.2) is 20.9 Å². The number of carbonyl (C=O) groups excluding carboxylic acids is 1. The number of allylic oxidation sites excluding steroid dienone is 2. The van der Waals surface area contributed by atoms with Crippen LogP contribution in [0.4, 0.5) is 0 Å². The maximum absolute atomic E-state index is 12.9. The van der Waals surface area contributed by atoms with Crippen LogP contribution in [0.5, 0.6) is 0 Å². The summed E-state index contributed by atoms with van der Waals surface area (Å²) in [5.74, 6) is 0.536. The smallest absolute Gasteiger partial charge is 0.251 e. The lowest BCUT2D eigenvalue weighted by atomic mass is 9.92. The van der Waals surface area contributed by atoms with Crippen LogP contribution in [0.3, 0.4) is 0 Å². The van der Waals surface area contributed by atoms with E-state index in [-0.39, 0.29) is 23.4 Å². The lowest BCUT2D eigenvalue weighted by Crippen LogP contribution is -2.36. The summed E-state index contributed by atoms with van der Waals surface area (Å²) in [6.45, 7) is 1.75. The quantitative estimate of drug-likeness (QED) is 0.597. The SMILES string of the molecule is Cc1nc(C(Cc2c[nH]c3ccccc23)NC(=O)C2CC=CCC2)cc(=O)[nH]1. The number of benzene rings is 1. The van der Waals surface area contributed by atoms with E-state index in [0.29, 0.717) is 17.9 Å². The molecule has 3 aromatic rings. The molecule has 0 fully saturated rings. The predicted octanol–water partition coefficient (Wildman–Crippen LogP) is 3.32. The molecule has 0 saturated carbocycles. The zero-order valence-electron chi connectivity index (χ0n) is 15.9. The van der Waals surface area contributed by atoms with Gasteiger partial charge in [-0.3, -0.25) is 9.59 Å². The number of hydrogen-bond donors (Lipinski definition) is 3. The second-order valence-electron chi connectivity index (χ2n) is 7.36. The number of rotatable bonds is 5. The number of para-hydroxylation sites is 1. The van der Waals surface area contributed by atoms with Gasteiger partial charge in [0.05, 0.1) is 11.7 Å². The number of nitrogens with zero attached hydrogens (tertiary/aromatic N) is 1. The Morgan fingerprint density at radius 1 is 1.32 bits per heavy atom. The van der Waals surface area contributed by atoms with E-state index in [4.69, 9.17) is 0 Å². The van der Waals surface area contributed by atoms with Gasteiger partial charge < -0.3 is 15.3 Å². The molecule has 2 heterocycles. The molecule has 0 saturated heterocycles.